The van der Waals surface area contributed by atoms with Gasteiger partial charge in [-0.15, -0.1) is 11.3 Å². The Morgan fingerprint density at radius 1 is 1.56 bits per heavy atom. The topological polar surface area (TPSA) is 98.5 Å². The molecule has 0 aliphatic carbocycles. The Bertz CT molecular complexity index is 685. The summed E-state index contributed by atoms with van der Waals surface area (Å²) >= 11 is 0.884. The highest BCUT2D eigenvalue weighted by molar-refractivity contribution is 7.87. The summed E-state index contributed by atoms with van der Waals surface area (Å²) in [6, 6.07) is 1.29. The minimum absolute atomic E-state index is 0.172. The van der Waals surface area contributed by atoms with Crippen LogP contribution in [0.5, 0.6) is 5.75 Å². The van der Waals surface area contributed by atoms with Gasteiger partial charge in [0, 0.05) is 13.2 Å². The van der Waals surface area contributed by atoms with Crippen molar-refractivity contribution >= 4 is 27.4 Å². The lowest BCUT2D eigenvalue weighted by molar-refractivity contribution is 0.0700. The molecule has 7 nitrogen and oxygen atoms in total. The van der Waals surface area contributed by atoms with E-state index in [-0.39, 0.29) is 15.7 Å². The zero-order valence-electron chi connectivity index (χ0n) is 9.10. The number of carboxylic acids is 1. The molecule has 9 heteroatoms. The zero-order chi connectivity index (χ0) is 13.3. The quantitative estimate of drug-likeness (QED) is 0.841. The number of imidazole rings is 1. The molecule has 2 aromatic rings. The lowest BCUT2D eigenvalue weighted by Gasteiger charge is -2.03. The van der Waals surface area contributed by atoms with Crippen LogP contribution in [0, 0.1) is 0 Å². The van der Waals surface area contributed by atoms with Crippen LogP contribution in [0.25, 0.3) is 0 Å². The lowest BCUT2D eigenvalue weighted by atomic mass is 10.4. The standard InChI is InChI=1S/C9H8N2O5S2/c1-11-4-7(10-5-11)18(14,15)16-6-2-3-17-8(6)9(12)13/h2-5H,1H3,(H,12,13). The Morgan fingerprint density at radius 2 is 2.28 bits per heavy atom. The highest BCUT2D eigenvalue weighted by Gasteiger charge is 2.23. The molecule has 0 amide bonds. The fraction of sp³-hybridized carbons (Fsp3) is 0.111. The molecular weight excluding hydrogens is 280 g/mol. The Morgan fingerprint density at radius 3 is 2.83 bits per heavy atom. The van der Waals surface area contributed by atoms with Gasteiger partial charge in [-0.25, -0.2) is 9.78 Å². The summed E-state index contributed by atoms with van der Waals surface area (Å²) in [5, 5.41) is 10.0. The number of hydrogen-bond donors (Lipinski definition) is 1. The van der Waals surface area contributed by atoms with E-state index in [2.05, 4.69) is 4.98 Å². The average molecular weight is 288 g/mol. The third kappa shape index (κ3) is 2.36. The van der Waals surface area contributed by atoms with Gasteiger partial charge in [-0.2, -0.15) is 8.42 Å². The van der Waals surface area contributed by atoms with Crippen LogP contribution < -0.4 is 4.18 Å². The van der Waals surface area contributed by atoms with Gasteiger partial charge < -0.3 is 13.9 Å². The predicted molar refractivity (Wildman–Crippen MR) is 62.3 cm³/mol. The Balaban J connectivity index is 2.34. The molecule has 0 radical (unpaired) electrons. The van der Waals surface area contributed by atoms with E-state index in [0.717, 1.165) is 11.3 Å². The van der Waals surface area contributed by atoms with Gasteiger partial charge >= 0.3 is 16.1 Å². The summed E-state index contributed by atoms with van der Waals surface area (Å²) in [7, 11) is -2.50. The first-order chi connectivity index (χ1) is 8.40. The molecule has 0 fully saturated rings. The number of thiophene rings is 1. The van der Waals surface area contributed by atoms with Crippen molar-refractivity contribution in [3.63, 3.8) is 0 Å². The van der Waals surface area contributed by atoms with E-state index in [4.69, 9.17) is 9.29 Å². The highest BCUT2D eigenvalue weighted by atomic mass is 32.2. The third-order valence-electron chi connectivity index (χ3n) is 1.96. The van der Waals surface area contributed by atoms with Gasteiger partial charge in [0.15, 0.2) is 10.6 Å². The molecule has 0 aliphatic heterocycles. The summed E-state index contributed by atoms with van der Waals surface area (Å²) in [5.41, 5.74) is 0. The SMILES string of the molecule is Cn1cnc(S(=O)(=O)Oc2ccsc2C(=O)O)c1. The van der Waals surface area contributed by atoms with Crippen LogP contribution in [0.2, 0.25) is 0 Å². The van der Waals surface area contributed by atoms with Gasteiger partial charge in [0.2, 0.25) is 5.03 Å². The normalized spacial score (nSPS) is 11.4. The fourth-order valence-electron chi connectivity index (χ4n) is 1.20. The van der Waals surface area contributed by atoms with E-state index in [9.17, 15) is 13.2 Å². The van der Waals surface area contributed by atoms with Crippen LogP contribution >= 0.6 is 11.3 Å². The van der Waals surface area contributed by atoms with E-state index >= 15 is 0 Å². The monoisotopic (exact) mass is 288 g/mol. The maximum Gasteiger partial charge on any atom is 0.358 e. The smallest absolute Gasteiger partial charge is 0.358 e. The second kappa shape index (κ2) is 4.42. The molecule has 0 bridgehead atoms. The summed E-state index contributed by atoms with van der Waals surface area (Å²) in [6.07, 6.45) is 2.57. The first-order valence-corrected chi connectivity index (χ1v) is 6.92. The molecule has 96 valence electrons. The van der Waals surface area contributed by atoms with Crippen molar-refractivity contribution < 1.29 is 22.5 Å². The van der Waals surface area contributed by atoms with E-state index < -0.39 is 16.1 Å². The summed E-state index contributed by atoms with van der Waals surface area (Å²) in [6.45, 7) is 0. The molecule has 0 atom stereocenters. The van der Waals surface area contributed by atoms with Crippen LogP contribution in [0.4, 0.5) is 0 Å². The van der Waals surface area contributed by atoms with E-state index in [1.807, 2.05) is 0 Å². The van der Waals surface area contributed by atoms with E-state index in [1.54, 1.807) is 7.05 Å². The number of carbonyl (C=O) groups is 1. The highest BCUT2D eigenvalue weighted by Crippen LogP contribution is 2.27. The van der Waals surface area contributed by atoms with Crippen molar-refractivity contribution in [1.29, 1.82) is 0 Å². The molecular formula is C9H8N2O5S2. The van der Waals surface area contributed by atoms with Crippen LogP contribution in [-0.2, 0) is 17.2 Å². The maximum absolute atomic E-state index is 11.8. The van der Waals surface area contributed by atoms with Crippen molar-refractivity contribution in [2.45, 2.75) is 5.03 Å². The molecule has 0 saturated carbocycles. The number of aryl methyl sites for hydroxylation is 1. The summed E-state index contributed by atoms with van der Waals surface area (Å²) in [4.78, 5) is 14.3. The summed E-state index contributed by atoms with van der Waals surface area (Å²) in [5.74, 6) is -1.45. The zero-order valence-corrected chi connectivity index (χ0v) is 10.7. The van der Waals surface area contributed by atoms with Crippen molar-refractivity contribution in [3.05, 3.63) is 28.8 Å². The van der Waals surface area contributed by atoms with E-state index in [0.29, 0.717) is 0 Å². The van der Waals surface area contributed by atoms with Gasteiger partial charge in [-0.3, -0.25) is 0 Å². The molecule has 2 aromatic heterocycles. The molecule has 2 heterocycles. The lowest BCUT2D eigenvalue weighted by Crippen LogP contribution is -2.11. The van der Waals surface area contributed by atoms with Crippen molar-refractivity contribution in [2.24, 2.45) is 7.05 Å². The molecule has 1 N–H and O–H groups in total. The second-order valence-electron chi connectivity index (χ2n) is 3.33. The van der Waals surface area contributed by atoms with Gasteiger partial charge in [0.05, 0.1) is 6.33 Å². The minimum Gasteiger partial charge on any atom is -0.477 e. The van der Waals surface area contributed by atoms with Gasteiger partial charge in [0.1, 0.15) is 0 Å². The van der Waals surface area contributed by atoms with Crippen LogP contribution in [0.3, 0.4) is 0 Å². The molecule has 0 spiro atoms. The Kier molecular flexibility index (Phi) is 3.09. The van der Waals surface area contributed by atoms with Gasteiger partial charge in [0.25, 0.3) is 0 Å². The van der Waals surface area contributed by atoms with Crippen molar-refractivity contribution in [1.82, 2.24) is 9.55 Å². The van der Waals surface area contributed by atoms with Gasteiger partial charge in [-0.05, 0) is 11.4 Å². The van der Waals surface area contributed by atoms with Crippen LogP contribution in [0.15, 0.2) is 29.0 Å². The third-order valence-corrected chi connectivity index (χ3v) is 3.97. The number of rotatable bonds is 4. The Hall–Kier alpha value is -1.87. The molecule has 0 aliphatic rings. The number of carboxylic acid groups (broad SMARTS) is 1. The number of hydrogen-bond acceptors (Lipinski definition) is 6. The van der Waals surface area contributed by atoms with E-state index in [1.165, 1.54) is 28.5 Å². The van der Waals surface area contributed by atoms with Crippen LogP contribution in [-0.4, -0.2) is 29.0 Å². The van der Waals surface area contributed by atoms with Gasteiger partial charge in [-0.1, -0.05) is 0 Å². The molecule has 2 rings (SSSR count). The fourth-order valence-corrected chi connectivity index (χ4v) is 2.84. The first-order valence-electron chi connectivity index (χ1n) is 4.63. The number of aromatic nitrogens is 2. The molecule has 0 aromatic carbocycles. The number of aromatic carboxylic acids is 1. The largest absolute Gasteiger partial charge is 0.477 e. The van der Waals surface area contributed by atoms with Crippen molar-refractivity contribution in [2.75, 3.05) is 0 Å². The molecule has 0 unspecified atom stereocenters. The number of nitrogens with zero attached hydrogens (tertiary/aromatic N) is 2. The molecule has 18 heavy (non-hydrogen) atoms. The first kappa shape index (κ1) is 12.6. The molecule has 0 saturated heterocycles. The second-order valence-corrected chi connectivity index (χ2v) is 5.74. The predicted octanol–water partition coefficient (Wildman–Crippen LogP) is 0.947. The minimum atomic E-state index is -4.11. The van der Waals surface area contributed by atoms with Crippen molar-refractivity contribution in [3.8, 4) is 5.75 Å². The maximum atomic E-state index is 11.8. The average Bonchev–Trinajstić information content (AvgIpc) is 2.86. The Labute approximate surface area is 106 Å². The summed E-state index contributed by atoms with van der Waals surface area (Å²) < 4.78 is 29.8. The van der Waals surface area contributed by atoms with Crippen LogP contribution in [0.1, 0.15) is 9.67 Å².